The van der Waals surface area contributed by atoms with E-state index in [1.807, 2.05) is 11.0 Å². The number of urea groups is 1. The lowest BCUT2D eigenvalue weighted by molar-refractivity contribution is 0.181. The number of benzene rings is 1. The molecule has 1 aromatic carbocycles. The van der Waals surface area contributed by atoms with E-state index >= 15 is 0 Å². The topological polar surface area (TPSA) is 64.3 Å². The number of hydrogen-bond acceptors (Lipinski definition) is 3. The van der Waals surface area contributed by atoms with Gasteiger partial charge in [-0.25, -0.2) is 4.79 Å². The lowest BCUT2D eigenvalue weighted by Crippen LogP contribution is -2.46. The second-order valence-corrected chi connectivity index (χ2v) is 7.38. The van der Waals surface area contributed by atoms with Crippen molar-refractivity contribution in [3.8, 4) is 0 Å². The molecule has 2 amide bonds. The number of aromatic amines is 1. The Morgan fingerprint density at radius 2 is 2.08 bits per heavy atom. The smallest absolute Gasteiger partial charge is 0.317 e. The van der Waals surface area contributed by atoms with E-state index in [1.165, 1.54) is 16.9 Å². The number of carbonyl (C=O) groups excluding carboxylic acids is 1. The summed E-state index contributed by atoms with van der Waals surface area (Å²) < 4.78 is 0. The Hall–Kier alpha value is -2.50. The number of nitrogens with zero attached hydrogens (tertiary/aromatic N) is 3. The second kappa shape index (κ2) is 7.40. The van der Waals surface area contributed by atoms with Gasteiger partial charge in [0.25, 0.3) is 0 Å². The van der Waals surface area contributed by atoms with E-state index in [0.717, 1.165) is 38.9 Å². The van der Waals surface area contributed by atoms with E-state index in [0.29, 0.717) is 18.5 Å². The van der Waals surface area contributed by atoms with Crippen molar-refractivity contribution in [1.29, 1.82) is 0 Å². The maximum Gasteiger partial charge on any atom is 0.317 e. The third-order valence-electron chi connectivity index (χ3n) is 5.72. The summed E-state index contributed by atoms with van der Waals surface area (Å²) in [5, 5.41) is 10.2. The van der Waals surface area contributed by atoms with E-state index in [1.54, 1.807) is 6.20 Å². The van der Waals surface area contributed by atoms with Gasteiger partial charge in [-0.2, -0.15) is 5.10 Å². The van der Waals surface area contributed by atoms with Gasteiger partial charge in [-0.15, -0.1) is 0 Å². The molecule has 4 rings (SSSR count). The number of fused-ring (bicyclic) bond motifs is 1. The first-order chi connectivity index (χ1) is 12.7. The molecule has 6 nitrogen and oxygen atoms in total. The highest BCUT2D eigenvalue weighted by atomic mass is 16.2. The molecule has 26 heavy (non-hydrogen) atoms. The molecule has 138 valence electrons. The Morgan fingerprint density at radius 1 is 1.27 bits per heavy atom. The van der Waals surface area contributed by atoms with Crippen molar-refractivity contribution in [3.63, 3.8) is 0 Å². The van der Waals surface area contributed by atoms with Crippen molar-refractivity contribution >= 4 is 11.7 Å². The minimum Gasteiger partial charge on any atom is -0.367 e. The molecule has 1 unspecified atom stereocenters. The van der Waals surface area contributed by atoms with Crippen molar-refractivity contribution in [3.05, 3.63) is 47.8 Å². The van der Waals surface area contributed by atoms with Gasteiger partial charge in [0.1, 0.15) is 0 Å². The van der Waals surface area contributed by atoms with E-state index in [4.69, 9.17) is 0 Å². The fourth-order valence-corrected chi connectivity index (χ4v) is 4.25. The monoisotopic (exact) mass is 353 g/mol. The molecule has 0 saturated carbocycles. The maximum atomic E-state index is 12.5. The fourth-order valence-electron chi connectivity index (χ4n) is 4.25. The van der Waals surface area contributed by atoms with Crippen molar-refractivity contribution in [1.82, 2.24) is 20.4 Å². The number of likely N-dealkylation sites (tertiary alicyclic amines) is 1. The molecule has 0 radical (unpaired) electrons. The van der Waals surface area contributed by atoms with Crippen LogP contribution in [0, 0.1) is 0 Å². The zero-order valence-corrected chi connectivity index (χ0v) is 15.3. The Labute approximate surface area is 154 Å². The molecule has 6 heteroatoms. The van der Waals surface area contributed by atoms with Gasteiger partial charge in [0.05, 0.1) is 0 Å². The first kappa shape index (κ1) is 16.9. The van der Waals surface area contributed by atoms with Crippen molar-refractivity contribution < 1.29 is 4.79 Å². The molecule has 2 N–H and O–H groups in total. The minimum atomic E-state index is 0.0631. The molecule has 1 saturated heterocycles. The van der Waals surface area contributed by atoms with Crippen LogP contribution < -0.4 is 10.2 Å². The molecule has 0 spiro atoms. The number of aromatic nitrogens is 2. The van der Waals surface area contributed by atoms with Crippen LogP contribution in [0.2, 0.25) is 0 Å². The SMILES string of the molecule is CC1Cc2ccccc2N1CCNC(=O)N1CCC(c2ccn[nH]2)CC1. The minimum absolute atomic E-state index is 0.0631. The van der Waals surface area contributed by atoms with Crippen LogP contribution in [0.15, 0.2) is 36.5 Å². The number of hydrogen-bond donors (Lipinski definition) is 2. The number of anilines is 1. The van der Waals surface area contributed by atoms with E-state index in [-0.39, 0.29) is 6.03 Å². The number of H-pyrrole nitrogens is 1. The molecule has 0 bridgehead atoms. The van der Waals surface area contributed by atoms with E-state index < -0.39 is 0 Å². The lowest BCUT2D eigenvalue weighted by atomic mass is 9.94. The summed E-state index contributed by atoms with van der Waals surface area (Å²) in [6.45, 7) is 5.39. The van der Waals surface area contributed by atoms with Gasteiger partial charge in [-0.3, -0.25) is 5.10 Å². The number of nitrogens with one attached hydrogen (secondary N) is 2. The normalized spacial score (nSPS) is 20.3. The first-order valence-electron chi connectivity index (χ1n) is 9.59. The number of rotatable bonds is 4. The molecule has 1 fully saturated rings. The van der Waals surface area contributed by atoms with Gasteiger partial charge in [-0.1, -0.05) is 18.2 Å². The molecule has 1 atom stereocenters. The maximum absolute atomic E-state index is 12.5. The van der Waals surface area contributed by atoms with Gasteiger partial charge in [0, 0.05) is 55.7 Å². The number of para-hydroxylation sites is 1. The summed E-state index contributed by atoms with van der Waals surface area (Å²) in [5.74, 6) is 0.489. The molecule has 2 aromatic rings. The Bertz CT molecular complexity index is 736. The molecule has 3 heterocycles. The summed E-state index contributed by atoms with van der Waals surface area (Å²) in [6.07, 6.45) is 4.87. The predicted octanol–water partition coefficient (Wildman–Crippen LogP) is 2.75. The summed E-state index contributed by atoms with van der Waals surface area (Å²) in [5.41, 5.74) is 3.91. The van der Waals surface area contributed by atoms with Gasteiger partial charge in [0.2, 0.25) is 0 Å². The predicted molar refractivity (Wildman–Crippen MR) is 102 cm³/mol. The summed E-state index contributed by atoms with van der Waals surface area (Å²) in [7, 11) is 0. The van der Waals surface area contributed by atoms with Gasteiger partial charge in [0.15, 0.2) is 0 Å². The van der Waals surface area contributed by atoms with Crippen molar-refractivity contribution in [2.75, 3.05) is 31.1 Å². The zero-order chi connectivity index (χ0) is 17.9. The van der Waals surface area contributed by atoms with Crippen LogP contribution in [-0.4, -0.2) is 53.3 Å². The third kappa shape index (κ3) is 3.41. The van der Waals surface area contributed by atoms with E-state index in [9.17, 15) is 4.79 Å². The number of piperidine rings is 1. The highest BCUT2D eigenvalue weighted by Gasteiger charge is 2.26. The molecular formula is C20H27N5O. The van der Waals surface area contributed by atoms with Crippen molar-refractivity contribution in [2.45, 2.75) is 38.1 Å². The lowest BCUT2D eigenvalue weighted by Gasteiger charge is -2.32. The van der Waals surface area contributed by atoms with Crippen LogP contribution in [-0.2, 0) is 6.42 Å². The van der Waals surface area contributed by atoms with Crippen molar-refractivity contribution in [2.24, 2.45) is 0 Å². The Balaban J connectivity index is 1.24. The molecular weight excluding hydrogens is 326 g/mol. The fraction of sp³-hybridized carbons (Fsp3) is 0.500. The summed E-state index contributed by atoms with van der Waals surface area (Å²) in [6, 6.07) is 11.2. The van der Waals surface area contributed by atoms with Crippen LogP contribution in [0.3, 0.4) is 0 Å². The van der Waals surface area contributed by atoms with Gasteiger partial charge in [-0.05, 0) is 43.9 Å². The molecule has 2 aliphatic rings. The number of amides is 2. The summed E-state index contributed by atoms with van der Waals surface area (Å²) >= 11 is 0. The highest BCUT2D eigenvalue weighted by molar-refractivity contribution is 5.74. The molecule has 0 aliphatic carbocycles. The standard InChI is InChI=1S/C20H27N5O/c1-15-14-17-4-2-3-5-19(17)25(15)13-10-21-20(26)24-11-7-16(8-12-24)18-6-9-22-23-18/h2-6,9,15-16H,7-8,10-14H2,1H3,(H,21,26)(H,22,23). The second-order valence-electron chi connectivity index (χ2n) is 7.38. The quantitative estimate of drug-likeness (QED) is 0.888. The molecule has 2 aliphatic heterocycles. The van der Waals surface area contributed by atoms with Crippen LogP contribution in [0.5, 0.6) is 0 Å². The third-order valence-corrected chi connectivity index (χ3v) is 5.72. The Kier molecular flexibility index (Phi) is 4.82. The largest absolute Gasteiger partial charge is 0.367 e. The van der Waals surface area contributed by atoms with Gasteiger partial charge < -0.3 is 15.1 Å². The Morgan fingerprint density at radius 3 is 2.85 bits per heavy atom. The first-order valence-corrected chi connectivity index (χ1v) is 9.59. The van der Waals surface area contributed by atoms with Crippen LogP contribution in [0.25, 0.3) is 0 Å². The van der Waals surface area contributed by atoms with Crippen LogP contribution >= 0.6 is 0 Å². The molecule has 1 aromatic heterocycles. The van der Waals surface area contributed by atoms with Crippen LogP contribution in [0.1, 0.15) is 36.9 Å². The average molecular weight is 353 g/mol. The highest BCUT2D eigenvalue weighted by Crippen LogP contribution is 2.31. The van der Waals surface area contributed by atoms with Gasteiger partial charge >= 0.3 is 6.03 Å². The van der Waals surface area contributed by atoms with E-state index in [2.05, 4.69) is 51.6 Å². The zero-order valence-electron chi connectivity index (χ0n) is 15.3. The average Bonchev–Trinajstić information content (AvgIpc) is 3.30. The number of carbonyl (C=O) groups is 1. The summed E-state index contributed by atoms with van der Waals surface area (Å²) in [4.78, 5) is 16.8. The van der Waals surface area contributed by atoms with Crippen LogP contribution in [0.4, 0.5) is 10.5 Å².